The van der Waals surface area contributed by atoms with Crippen molar-refractivity contribution in [1.82, 2.24) is 9.55 Å². The number of rotatable bonds is 10. The number of aliphatic hydroxyl groups is 2. The Morgan fingerprint density at radius 2 is 1.85 bits per heavy atom. The van der Waals surface area contributed by atoms with Gasteiger partial charge < -0.3 is 14.8 Å². The first-order valence-electron chi connectivity index (χ1n) is 14.0. The van der Waals surface area contributed by atoms with Crippen LogP contribution in [0.25, 0.3) is 11.3 Å². The second-order valence-corrected chi connectivity index (χ2v) is 12.3. The molecule has 1 aromatic carbocycles. The molecule has 4 nitrogen and oxygen atoms in total. The third kappa shape index (κ3) is 3.43. The van der Waals surface area contributed by atoms with Gasteiger partial charge in [0.2, 0.25) is 0 Å². The minimum absolute atomic E-state index is 0.0666. The summed E-state index contributed by atoms with van der Waals surface area (Å²) in [5.41, 5.74) is 4.19. The van der Waals surface area contributed by atoms with E-state index in [1.54, 1.807) is 0 Å². The van der Waals surface area contributed by atoms with E-state index >= 15 is 0 Å². The average Bonchev–Trinajstić information content (AvgIpc) is 3.42. The topological polar surface area (TPSA) is 58.3 Å². The second-order valence-electron chi connectivity index (χ2n) is 12.3. The Labute approximate surface area is 204 Å². The van der Waals surface area contributed by atoms with Crippen molar-refractivity contribution in [2.45, 2.75) is 96.1 Å². The molecule has 34 heavy (non-hydrogen) atoms. The van der Waals surface area contributed by atoms with E-state index < -0.39 is 0 Å². The highest BCUT2D eigenvalue weighted by Crippen LogP contribution is 2.70. The van der Waals surface area contributed by atoms with Crippen LogP contribution in [0.3, 0.4) is 0 Å². The third-order valence-electron chi connectivity index (χ3n) is 10.7. The van der Waals surface area contributed by atoms with E-state index in [4.69, 9.17) is 0 Å². The van der Waals surface area contributed by atoms with Crippen LogP contribution < -0.4 is 0 Å². The minimum Gasteiger partial charge on any atom is -0.396 e. The lowest BCUT2D eigenvalue weighted by molar-refractivity contribution is -0.197. The van der Waals surface area contributed by atoms with Crippen molar-refractivity contribution in [2.24, 2.45) is 28.6 Å². The van der Waals surface area contributed by atoms with E-state index in [-0.39, 0.29) is 17.6 Å². The lowest BCUT2D eigenvalue weighted by Crippen LogP contribution is -2.60. The SMILES string of the molecule is CCCCCCC1(CCO)C2CC3CC1CC(C(O)CC1c4ccccc4-c4cncn41)(C3)C2. The molecule has 1 aromatic heterocycles. The second kappa shape index (κ2) is 8.78. The van der Waals surface area contributed by atoms with E-state index in [0.29, 0.717) is 23.9 Å². The zero-order valence-electron chi connectivity index (χ0n) is 20.8. The maximum atomic E-state index is 11.9. The molecule has 2 heterocycles. The van der Waals surface area contributed by atoms with Gasteiger partial charge in [0.1, 0.15) is 0 Å². The summed E-state index contributed by atoms with van der Waals surface area (Å²) in [6.07, 6.45) is 18.1. The molecule has 2 N–H and O–H groups in total. The van der Waals surface area contributed by atoms with Crippen molar-refractivity contribution in [3.8, 4) is 11.3 Å². The molecule has 4 unspecified atom stereocenters. The van der Waals surface area contributed by atoms with Gasteiger partial charge in [-0.05, 0) is 85.5 Å². The maximum Gasteiger partial charge on any atom is 0.0956 e. The number of nitrogens with zero attached hydrogens (tertiary/aromatic N) is 2. The van der Waals surface area contributed by atoms with Crippen LogP contribution in [0.1, 0.15) is 95.6 Å². The standard InChI is InChI=1S/C30H42N2O2/c1-2-3-4-7-10-30(11-12-33)22-13-21-14-23(30)18-29(16-21,17-22)28(34)15-26-24-8-5-6-9-25(24)27-19-31-20-32(26)27/h5-6,8-9,19-23,26,28,33-34H,2-4,7,10-18H2,1H3. The van der Waals surface area contributed by atoms with Gasteiger partial charge in [-0.2, -0.15) is 0 Å². The van der Waals surface area contributed by atoms with Crippen molar-refractivity contribution in [2.75, 3.05) is 6.61 Å². The summed E-state index contributed by atoms with van der Waals surface area (Å²) in [6, 6.07) is 8.86. The van der Waals surface area contributed by atoms with Gasteiger partial charge in [0.15, 0.2) is 0 Å². The Morgan fingerprint density at radius 3 is 2.62 bits per heavy atom. The first-order valence-corrected chi connectivity index (χ1v) is 14.0. The molecule has 4 fully saturated rings. The van der Waals surface area contributed by atoms with Crippen molar-refractivity contribution < 1.29 is 10.2 Å². The van der Waals surface area contributed by atoms with Gasteiger partial charge in [-0.25, -0.2) is 4.98 Å². The number of benzene rings is 1. The van der Waals surface area contributed by atoms with Crippen LogP contribution in [0.4, 0.5) is 0 Å². The van der Waals surface area contributed by atoms with Crippen molar-refractivity contribution in [1.29, 1.82) is 0 Å². The van der Waals surface area contributed by atoms with Crippen LogP contribution in [-0.4, -0.2) is 32.5 Å². The van der Waals surface area contributed by atoms with E-state index in [1.165, 1.54) is 81.0 Å². The van der Waals surface area contributed by atoms with Crippen LogP contribution in [0, 0.1) is 28.6 Å². The molecule has 1 aliphatic heterocycles. The number of aliphatic hydroxyl groups excluding tert-OH is 2. The highest BCUT2D eigenvalue weighted by molar-refractivity contribution is 5.68. The Balaban J connectivity index is 1.24. The zero-order valence-corrected chi connectivity index (χ0v) is 20.8. The molecule has 0 radical (unpaired) electrons. The molecule has 4 heteroatoms. The van der Waals surface area contributed by atoms with Crippen LogP contribution in [0.15, 0.2) is 36.8 Å². The summed E-state index contributed by atoms with van der Waals surface area (Å²) in [6.45, 7) is 2.61. The quantitative estimate of drug-likeness (QED) is 0.403. The maximum absolute atomic E-state index is 11.9. The Kier molecular flexibility index (Phi) is 5.89. The molecule has 4 bridgehead atoms. The number of hydrogen-bond acceptors (Lipinski definition) is 3. The monoisotopic (exact) mass is 462 g/mol. The summed E-state index contributed by atoms with van der Waals surface area (Å²) in [5, 5.41) is 22.0. The summed E-state index contributed by atoms with van der Waals surface area (Å²) in [4.78, 5) is 4.43. The highest BCUT2D eigenvalue weighted by atomic mass is 16.3. The lowest BCUT2D eigenvalue weighted by Gasteiger charge is -2.67. The van der Waals surface area contributed by atoms with Gasteiger partial charge in [0.25, 0.3) is 0 Å². The molecule has 5 aliphatic rings. The van der Waals surface area contributed by atoms with Gasteiger partial charge in [0, 0.05) is 12.2 Å². The van der Waals surface area contributed by atoms with Crippen molar-refractivity contribution >= 4 is 0 Å². The molecular formula is C30H42N2O2. The van der Waals surface area contributed by atoms with E-state index in [2.05, 4.69) is 40.7 Å². The van der Waals surface area contributed by atoms with Crippen LogP contribution in [0.2, 0.25) is 0 Å². The Bertz CT molecular complexity index is 997. The fraction of sp³-hybridized carbons (Fsp3) is 0.700. The van der Waals surface area contributed by atoms with Crippen molar-refractivity contribution in [3.63, 3.8) is 0 Å². The number of fused-ring (bicyclic) bond motifs is 3. The lowest BCUT2D eigenvalue weighted by atomic mass is 9.38. The molecule has 184 valence electrons. The molecule has 0 spiro atoms. The Hall–Kier alpha value is -1.65. The number of hydrogen-bond donors (Lipinski definition) is 2. The normalized spacial score (nSPS) is 36.0. The van der Waals surface area contributed by atoms with Gasteiger partial charge in [0.05, 0.1) is 30.4 Å². The summed E-state index contributed by atoms with van der Waals surface area (Å²) in [7, 11) is 0. The van der Waals surface area contributed by atoms with Gasteiger partial charge in [-0.1, -0.05) is 56.9 Å². The summed E-state index contributed by atoms with van der Waals surface area (Å²) >= 11 is 0. The smallest absolute Gasteiger partial charge is 0.0956 e. The number of imidazole rings is 1. The van der Waals surface area contributed by atoms with Crippen molar-refractivity contribution in [3.05, 3.63) is 42.4 Å². The Morgan fingerprint density at radius 1 is 1.06 bits per heavy atom. The molecule has 7 rings (SSSR count). The van der Waals surface area contributed by atoms with Gasteiger partial charge in [-0.3, -0.25) is 0 Å². The van der Waals surface area contributed by atoms with Crippen LogP contribution in [0.5, 0.6) is 0 Å². The fourth-order valence-electron chi connectivity index (χ4n) is 9.32. The molecule has 4 saturated carbocycles. The highest BCUT2D eigenvalue weighted by Gasteiger charge is 2.63. The first-order chi connectivity index (χ1) is 16.6. The van der Waals surface area contributed by atoms with Crippen LogP contribution in [-0.2, 0) is 0 Å². The molecular weight excluding hydrogens is 420 g/mol. The largest absolute Gasteiger partial charge is 0.396 e. The van der Waals surface area contributed by atoms with Gasteiger partial charge >= 0.3 is 0 Å². The fourth-order valence-corrected chi connectivity index (χ4v) is 9.32. The predicted molar refractivity (Wildman–Crippen MR) is 135 cm³/mol. The zero-order chi connectivity index (χ0) is 23.3. The molecule has 4 aliphatic carbocycles. The minimum atomic E-state index is -0.278. The summed E-state index contributed by atoms with van der Waals surface area (Å²) < 4.78 is 2.29. The number of aromatic nitrogens is 2. The molecule has 2 aromatic rings. The van der Waals surface area contributed by atoms with Crippen LogP contribution >= 0.6 is 0 Å². The predicted octanol–water partition coefficient (Wildman–Crippen LogP) is 6.37. The van der Waals surface area contributed by atoms with E-state index in [9.17, 15) is 10.2 Å². The third-order valence-corrected chi connectivity index (χ3v) is 10.7. The first kappa shape index (κ1) is 22.8. The molecule has 4 atom stereocenters. The molecule has 0 saturated heterocycles. The van der Waals surface area contributed by atoms with E-state index in [1.807, 2.05) is 12.5 Å². The average molecular weight is 463 g/mol. The number of unbranched alkanes of at least 4 members (excludes halogenated alkanes) is 3. The molecule has 0 amide bonds. The summed E-state index contributed by atoms with van der Waals surface area (Å²) in [5.74, 6) is 2.14. The van der Waals surface area contributed by atoms with Gasteiger partial charge in [-0.15, -0.1) is 0 Å². The van der Waals surface area contributed by atoms with E-state index in [0.717, 1.165) is 18.8 Å².